The number of piperazine rings is 1. The van der Waals surface area contributed by atoms with Gasteiger partial charge in [-0.15, -0.1) is 0 Å². The molecule has 150 valence electrons. The highest BCUT2D eigenvalue weighted by molar-refractivity contribution is 7.92. The van der Waals surface area contributed by atoms with E-state index < -0.39 is 11.2 Å². The highest BCUT2D eigenvalue weighted by Gasteiger charge is 2.37. The molecule has 0 radical (unpaired) electrons. The van der Waals surface area contributed by atoms with Crippen molar-refractivity contribution in [2.75, 3.05) is 51.2 Å². The molecule has 1 N–H and O–H groups in total. The zero-order valence-electron chi connectivity index (χ0n) is 15.9. The van der Waals surface area contributed by atoms with Gasteiger partial charge in [0.25, 0.3) is 0 Å². The van der Waals surface area contributed by atoms with Crippen LogP contribution in [0.3, 0.4) is 0 Å². The van der Waals surface area contributed by atoms with Crippen LogP contribution >= 0.6 is 11.6 Å². The van der Waals surface area contributed by atoms with Crippen molar-refractivity contribution in [3.8, 4) is 0 Å². The standard InChI is InChI=1S/C20H25ClN3O3S/c1-23(25)11-13-24(26,14-12-23)10-4-9-22-17-5-2-3-6-19(17)28(27)20-8-7-16(21)15-18(20)22/h2-3,5-8,15,26H,4,9-14H2,1H3/q+1. The Morgan fingerprint density at radius 3 is 2.50 bits per heavy atom. The third-order valence-electron chi connectivity index (χ3n) is 5.70. The fourth-order valence-corrected chi connectivity index (χ4v) is 5.47. The van der Waals surface area contributed by atoms with Gasteiger partial charge in [-0.3, -0.25) is 0 Å². The monoisotopic (exact) mass is 422 g/mol. The number of likely N-dealkylation sites (N-methyl/N-ethyl adjacent to an activating group) is 1. The van der Waals surface area contributed by atoms with Crippen molar-refractivity contribution in [2.24, 2.45) is 0 Å². The summed E-state index contributed by atoms with van der Waals surface area (Å²) >= 11 is 4.99. The van der Waals surface area contributed by atoms with Crippen molar-refractivity contribution in [2.45, 2.75) is 16.2 Å². The predicted molar refractivity (Wildman–Crippen MR) is 110 cm³/mol. The van der Waals surface area contributed by atoms with E-state index in [-0.39, 0.29) is 9.29 Å². The van der Waals surface area contributed by atoms with E-state index >= 15 is 0 Å². The zero-order chi connectivity index (χ0) is 19.9. The van der Waals surface area contributed by atoms with Crippen molar-refractivity contribution in [3.05, 3.63) is 52.7 Å². The molecule has 28 heavy (non-hydrogen) atoms. The number of hydrogen-bond acceptors (Lipinski definition) is 4. The van der Waals surface area contributed by atoms with Crippen LogP contribution in [0, 0.1) is 5.21 Å². The van der Waals surface area contributed by atoms with Crippen LogP contribution in [0.15, 0.2) is 52.3 Å². The Kier molecular flexibility index (Phi) is 5.35. The molecule has 0 amide bonds. The quantitative estimate of drug-likeness (QED) is 0.465. The van der Waals surface area contributed by atoms with E-state index in [9.17, 15) is 15.0 Å². The van der Waals surface area contributed by atoms with Crippen molar-refractivity contribution in [1.29, 1.82) is 0 Å². The second-order valence-electron chi connectivity index (χ2n) is 7.86. The molecule has 1 unspecified atom stereocenters. The van der Waals surface area contributed by atoms with E-state index in [1.165, 1.54) is 0 Å². The van der Waals surface area contributed by atoms with Gasteiger partial charge >= 0.3 is 0 Å². The molecular weight excluding hydrogens is 398 g/mol. The first-order chi connectivity index (χ1) is 13.3. The van der Waals surface area contributed by atoms with Crippen molar-refractivity contribution in [3.63, 3.8) is 0 Å². The molecule has 6 nitrogen and oxygen atoms in total. The molecule has 2 aliphatic rings. The molecule has 2 aliphatic heterocycles. The van der Waals surface area contributed by atoms with Crippen LogP contribution in [0.2, 0.25) is 5.02 Å². The molecule has 2 aromatic rings. The first-order valence-electron chi connectivity index (χ1n) is 9.50. The first-order valence-corrected chi connectivity index (χ1v) is 11.0. The van der Waals surface area contributed by atoms with Crippen LogP contribution in [0.5, 0.6) is 0 Å². The summed E-state index contributed by atoms with van der Waals surface area (Å²) in [6, 6.07) is 13.2. The maximum atomic E-state index is 13.0. The van der Waals surface area contributed by atoms with Gasteiger partial charge in [0.15, 0.2) is 22.9 Å². The highest BCUT2D eigenvalue weighted by Crippen LogP contribution is 2.44. The molecule has 8 heteroatoms. The van der Waals surface area contributed by atoms with Gasteiger partial charge in [-0.05, 0) is 30.3 Å². The topological polar surface area (TPSA) is 69.6 Å². The van der Waals surface area contributed by atoms with Gasteiger partial charge in [0.1, 0.15) is 19.6 Å². The normalized spacial score (nSPS) is 29.3. The Balaban J connectivity index is 1.53. The van der Waals surface area contributed by atoms with E-state index in [1.54, 1.807) is 13.1 Å². The van der Waals surface area contributed by atoms with Crippen molar-refractivity contribution < 1.29 is 19.1 Å². The second kappa shape index (κ2) is 7.50. The summed E-state index contributed by atoms with van der Waals surface area (Å²) in [5, 5.41) is 23.5. The average Bonchev–Trinajstić information content (AvgIpc) is 2.67. The Hall–Kier alpha value is -1.32. The summed E-state index contributed by atoms with van der Waals surface area (Å²) in [5.41, 5.74) is 1.78. The van der Waals surface area contributed by atoms with E-state index in [4.69, 9.17) is 11.6 Å². The zero-order valence-corrected chi connectivity index (χ0v) is 17.5. The second-order valence-corrected chi connectivity index (χ2v) is 9.72. The molecule has 0 saturated carbocycles. The molecule has 0 aromatic heterocycles. The van der Waals surface area contributed by atoms with Gasteiger partial charge in [0.2, 0.25) is 0 Å². The predicted octanol–water partition coefficient (Wildman–Crippen LogP) is 3.51. The molecule has 1 saturated heterocycles. The molecule has 2 heterocycles. The molecular formula is C20H25ClN3O3S+. The van der Waals surface area contributed by atoms with Gasteiger partial charge in [0.05, 0.1) is 18.4 Å². The minimum Gasteiger partial charge on any atom is -0.633 e. The van der Waals surface area contributed by atoms with Crippen LogP contribution in [0.4, 0.5) is 11.4 Å². The van der Waals surface area contributed by atoms with Gasteiger partial charge in [-0.25, -0.2) is 5.21 Å². The van der Waals surface area contributed by atoms with E-state index in [1.807, 2.05) is 36.4 Å². The van der Waals surface area contributed by atoms with Crippen LogP contribution in [-0.2, 0) is 11.2 Å². The fraction of sp³-hybridized carbons (Fsp3) is 0.400. The third-order valence-corrected chi connectivity index (χ3v) is 7.43. The summed E-state index contributed by atoms with van der Waals surface area (Å²) < 4.78 is 12.6. The Bertz CT molecular complexity index is 870. The molecule has 0 bridgehead atoms. The lowest BCUT2D eigenvalue weighted by Gasteiger charge is -2.46. The number of fused-ring (bicyclic) bond motifs is 2. The molecule has 1 atom stereocenters. The Labute approximate surface area is 173 Å². The number of benzene rings is 2. The van der Waals surface area contributed by atoms with E-state index in [2.05, 4.69) is 4.90 Å². The van der Waals surface area contributed by atoms with Crippen LogP contribution in [0.1, 0.15) is 6.42 Å². The lowest BCUT2D eigenvalue weighted by atomic mass is 10.2. The summed E-state index contributed by atoms with van der Waals surface area (Å²) in [6.45, 7) is 3.07. The van der Waals surface area contributed by atoms with Crippen molar-refractivity contribution in [1.82, 2.24) is 0 Å². The minimum atomic E-state index is -1.24. The molecule has 2 aromatic carbocycles. The lowest BCUT2D eigenvalue weighted by Crippen LogP contribution is -2.62. The number of halogens is 1. The summed E-state index contributed by atoms with van der Waals surface area (Å²) in [7, 11) is 1.66. The van der Waals surface area contributed by atoms with Crippen LogP contribution in [0.25, 0.3) is 0 Å². The molecule has 0 aliphatic carbocycles. The first kappa shape index (κ1) is 20.0. The number of hydrogen-bond donors (Lipinski definition) is 1. The summed E-state index contributed by atoms with van der Waals surface area (Å²) in [4.78, 5) is 3.69. The number of anilines is 2. The van der Waals surface area contributed by atoms with Crippen LogP contribution in [-0.4, -0.2) is 65.4 Å². The Morgan fingerprint density at radius 2 is 1.75 bits per heavy atom. The highest BCUT2D eigenvalue weighted by atomic mass is 35.5. The number of nitrogens with zero attached hydrogens (tertiary/aromatic N) is 3. The fourth-order valence-electron chi connectivity index (χ4n) is 3.95. The van der Waals surface area contributed by atoms with E-state index in [0.717, 1.165) is 27.6 Å². The largest absolute Gasteiger partial charge is 0.633 e. The van der Waals surface area contributed by atoms with E-state index in [0.29, 0.717) is 44.3 Å². The molecule has 4 rings (SSSR count). The number of hydroxylamine groups is 6. The van der Waals surface area contributed by atoms with Crippen molar-refractivity contribution >= 4 is 34.2 Å². The third kappa shape index (κ3) is 3.89. The minimum absolute atomic E-state index is 0.0557. The average molecular weight is 423 g/mol. The number of quaternary nitrogens is 2. The van der Waals surface area contributed by atoms with Gasteiger partial charge in [-0.2, -0.15) is 4.65 Å². The van der Waals surface area contributed by atoms with Gasteiger partial charge in [-0.1, -0.05) is 23.7 Å². The van der Waals surface area contributed by atoms with Gasteiger partial charge < -0.3 is 19.3 Å². The van der Waals surface area contributed by atoms with Gasteiger partial charge in [0, 0.05) is 29.2 Å². The molecule has 1 fully saturated rings. The van der Waals surface area contributed by atoms with Crippen LogP contribution < -0.4 is 4.90 Å². The smallest absolute Gasteiger partial charge is 0.182 e. The summed E-state index contributed by atoms with van der Waals surface area (Å²) in [6.07, 6.45) is 0.742. The number of para-hydroxylation sites is 1. The lowest BCUT2D eigenvalue weighted by molar-refractivity contribution is -1.13. The maximum absolute atomic E-state index is 13.0. The molecule has 0 spiro atoms. The maximum Gasteiger partial charge on any atom is 0.182 e. The SMILES string of the molecule is C[N+]1([O-])CC[N+](O)(CCCN2c3ccccc3[S+]([O-])c3ccc(Cl)cc32)CC1. The Morgan fingerprint density at radius 1 is 1.07 bits per heavy atom. The summed E-state index contributed by atoms with van der Waals surface area (Å²) in [5.74, 6) is 0. The number of rotatable bonds is 4.